The zero-order chi connectivity index (χ0) is 19.0. The van der Waals surface area contributed by atoms with Gasteiger partial charge in [0.1, 0.15) is 5.60 Å². The van der Waals surface area contributed by atoms with Crippen LogP contribution in [0.3, 0.4) is 0 Å². The topological polar surface area (TPSA) is 63.7 Å². The number of rotatable bonds is 2. The predicted octanol–water partition coefficient (Wildman–Crippen LogP) is 3.92. The number of thiazole rings is 1. The minimum absolute atomic E-state index is 0.0131. The highest BCUT2D eigenvalue weighted by molar-refractivity contribution is 7.09. The Morgan fingerprint density at radius 2 is 2.19 bits per heavy atom. The van der Waals surface area contributed by atoms with E-state index in [2.05, 4.69) is 10.3 Å². The van der Waals surface area contributed by atoms with Gasteiger partial charge in [0.15, 0.2) is 0 Å². The molecule has 1 N–H and O–H groups in total. The third kappa shape index (κ3) is 3.59. The van der Waals surface area contributed by atoms with Gasteiger partial charge in [-0.1, -0.05) is 18.2 Å². The Labute approximate surface area is 163 Å². The first-order chi connectivity index (χ1) is 13.0. The number of nitrogens with zero attached hydrogens (tertiary/aromatic N) is 2. The zero-order valence-corrected chi connectivity index (χ0v) is 16.7. The van der Waals surface area contributed by atoms with Crippen molar-refractivity contribution >= 4 is 23.1 Å². The SMILES string of the molecule is Cc1nc(-c2ccccc2NC(=O)N2CC(C)OC3(CCOC3C)C2)cs1. The molecule has 0 radical (unpaired) electrons. The lowest BCUT2D eigenvalue weighted by Gasteiger charge is -2.45. The van der Waals surface area contributed by atoms with Crippen LogP contribution in [0.5, 0.6) is 0 Å². The molecule has 2 saturated heterocycles. The number of urea groups is 1. The standard InChI is InChI=1S/C20H25N3O3S/c1-13-10-23(12-20(26-13)8-9-25-14(20)2)19(24)22-17-7-5-4-6-16(17)18-11-27-15(3)21-18/h4-7,11,13-14H,8-10,12H2,1-3H3,(H,22,24). The fourth-order valence-electron chi connectivity index (χ4n) is 3.95. The van der Waals surface area contributed by atoms with Crippen LogP contribution < -0.4 is 5.32 Å². The average molecular weight is 388 g/mol. The van der Waals surface area contributed by atoms with Gasteiger partial charge in [-0.25, -0.2) is 9.78 Å². The molecular weight excluding hydrogens is 362 g/mol. The average Bonchev–Trinajstić information content (AvgIpc) is 3.21. The van der Waals surface area contributed by atoms with Crippen LogP contribution in [0.4, 0.5) is 10.5 Å². The molecule has 27 heavy (non-hydrogen) atoms. The van der Waals surface area contributed by atoms with Gasteiger partial charge in [-0.05, 0) is 26.8 Å². The second-order valence-electron chi connectivity index (χ2n) is 7.36. The fourth-order valence-corrected chi connectivity index (χ4v) is 4.56. The molecule has 0 aliphatic carbocycles. The highest BCUT2D eigenvalue weighted by Gasteiger charge is 2.48. The third-order valence-electron chi connectivity index (χ3n) is 5.36. The number of para-hydroxylation sites is 1. The number of aromatic nitrogens is 1. The van der Waals surface area contributed by atoms with E-state index in [0.29, 0.717) is 19.7 Å². The summed E-state index contributed by atoms with van der Waals surface area (Å²) in [5, 5.41) is 6.11. The summed E-state index contributed by atoms with van der Waals surface area (Å²) in [4.78, 5) is 19.5. The molecule has 2 aliphatic rings. The molecule has 2 aromatic rings. The number of hydrogen-bond donors (Lipinski definition) is 1. The summed E-state index contributed by atoms with van der Waals surface area (Å²) in [7, 11) is 0. The normalized spacial score (nSPS) is 27.9. The predicted molar refractivity (Wildman–Crippen MR) is 106 cm³/mol. The van der Waals surface area contributed by atoms with Crippen molar-refractivity contribution in [1.29, 1.82) is 0 Å². The van der Waals surface area contributed by atoms with Crippen LogP contribution in [0, 0.1) is 6.92 Å². The van der Waals surface area contributed by atoms with Crippen molar-refractivity contribution in [3.63, 3.8) is 0 Å². The Bertz CT molecular complexity index is 839. The molecule has 2 fully saturated rings. The fraction of sp³-hybridized carbons (Fsp3) is 0.500. The third-order valence-corrected chi connectivity index (χ3v) is 6.13. The molecule has 144 valence electrons. The van der Waals surface area contributed by atoms with Gasteiger partial charge >= 0.3 is 6.03 Å². The molecule has 0 saturated carbocycles. The van der Waals surface area contributed by atoms with E-state index in [0.717, 1.165) is 28.4 Å². The van der Waals surface area contributed by atoms with Gasteiger partial charge in [-0.15, -0.1) is 11.3 Å². The highest BCUT2D eigenvalue weighted by atomic mass is 32.1. The van der Waals surface area contributed by atoms with Gasteiger partial charge in [0, 0.05) is 30.5 Å². The molecule has 2 amide bonds. The smallest absolute Gasteiger partial charge is 0.322 e. The highest BCUT2D eigenvalue weighted by Crippen LogP contribution is 2.35. The lowest BCUT2D eigenvalue weighted by atomic mass is 9.93. The molecule has 3 heterocycles. The van der Waals surface area contributed by atoms with Crippen LogP contribution in [0.2, 0.25) is 0 Å². The molecular formula is C20H25N3O3S. The second-order valence-corrected chi connectivity index (χ2v) is 8.43. The van der Waals surface area contributed by atoms with Crippen molar-refractivity contribution in [1.82, 2.24) is 9.88 Å². The van der Waals surface area contributed by atoms with Crippen LogP contribution in [-0.4, -0.2) is 53.4 Å². The van der Waals surface area contributed by atoms with Crippen molar-refractivity contribution in [3.05, 3.63) is 34.7 Å². The van der Waals surface area contributed by atoms with Crippen LogP contribution in [0.15, 0.2) is 29.6 Å². The van der Waals surface area contributed by atoms with Crippen molar-refractivity contribution < 1.29 is 14.3 Å². The minimum atomic E-state index is -0.402. The number of carbonyl (C=O) groups excluding carboxylic acids is 1. The minimum Gasteiger partial charge on any atom is -0.375 e. The first kappa shape index (κ1) is 18.4. The number of nitrogens with one attached hydrogen (secondary N) is 1. The van der Waals surface area contributed by atoms with Crippen LogP contribution >= 0.6 is 11.3 Å². The first-order valence-corrected chi connectivity index (χ1v) is 10.2. The molecule has 7 heteroatoms. The van der Waals surface area contributed by atoms with E-state index in [-0.39, 0.29) is 18.2 Å². The Kier molecular flexibility index (Phi) is 4.92. The number of morpholine rings is 1. The summed E-state index contributed by atoms with van der Waals surface area (Å²) < 4.78 is 11.9. The van der Waals surface area contributed by atoms with E-state index in [1.54, 1.807) is 11.3 Å². The largest absolute Gasteiger partial charge is 0.375 e. The maximum atomic E-state index is 13.0. The van der Waals surface area contributed by atoms with Crippen molar-refractivity contribution in [2.75, 3.05) is 25.0 Å². The van der Waals surface area contributed by atoms with Gasteiger partial charge in [0.05, 0.1) is 35.1 Å². The van der Waals surface area contributed by atoms with E-state index in [4.69, 9.17) is 9.47 Å². The first-order valence-electron chi connectivity index (χ1n) is 9.34. The number of hydrogen-bond acceptors (Lipinski definition) is 5. The number of amides is 2. The number of carbonyl (C=O) groups is 1. The maximum absolute atomic E-state index is 13.0. The van der Waals surface area contributed by atoms with Crippen molar-refractivity contribution in [3.8, 4) is 11.3 Å². The number of ether oxygens (including phenoxy) is 2. The Morgan fingerprint density at radius 3 is 2.89 bits per heavy atom. The lowest BCUT2D eigenvalue weighted by Crippen LogP contribution is -2.60. The van der Waals surface area contributed by atoms with Gasteiger partial charge in [-0.3, -0.25) is 0 Å². The molecule has 1 spiro atoms. The van der Waals surface area contributed by atoms with E-state index in [1.807, 2.05) is 55.3 Å². The number of aryl methyl sites for hydroxylation is 1. The van der Waals surface area contributed by atoms with E-state index >= 15 is 0 Å². The van der Waals surface area contributed by atoms with Crippen molar-refractivity contribution in [2.24, 2.45) is 0 Å². The molecule has 6 nitrogen and oxygen atoms in total. The molecule has 2 aliphatic heterocycles. The van der Waals surface area contributed by atoms with Gasteiger partial charge in [-0.2, -0.15) is 0 Å². The summed E-state index contributed by atoms with van der Waals surface area (Å²) in [6.45, 7) is 7.81. The van der Waals surface area contributed by atoms with Crippen LogP contribution in [-0.2, 0) is 9.47 Å². The second kappa shape index (κ2) is 7.22. The van der Waals surface area contributed by atoms with Crippen LogP contribution in [0.1, 0.15) is 25.3 Å². The summed E-state index contributed by atoms with van der Waals surface area (Å²) in [6.07, 6.45) is 0.780. The van der Waals surface area contributed by atoms with Gasteiger partial charge in [0.2, 0.25) is 0 Å². The summed E-state index contributed by atoms with van der Waals surface area (Å²) in [5.41, 5.74) is 2.19. The Balaban J connectivity index is 1.54. The van der Waals surface area contributed by atoms with Gasteiger partial charge < -0.3 is 19.7 Å². The lowest BCUT2D eigenvalue weighted by molar-refractivity contribution is -0.159. The van der Waals surface area contributed by atoms with E-state index in [1.165, 1.54) is 0 Å². The van der Waals surface area contributed by atoms with Gasteiger partial charge in [0.25, 0.3) is 0 Å². The monoisotopic (exact) mass is 387 g/mol. The summed E-state index contributed by atoms with van der Waals surface area (Å²) in [5.74, 6) is 0. The summed E-state index contributed by atoms with van der Waals surface area (Å²) >= 11 is 1.60. The molecule has 3 unspecified atom stereocenters. The molecule has 3 atom stereocenters. The molecule has 4 rings (SSSR count). The molecule has 1 aromatic carbocycles. The number of anilines is 1. The Morgan fingerprint density at radius 1 is 1.37 bits per heavy atom. The molecule has 0 bridgehead atoms. The van der Waals surface area contributed by atoms with Crippen molar-refractivity contribution in [2.45, 2.75) is 45.0 Å². The van der Waals surface area contributed by atoms with E-state index < -0.39 is 5.60 Å². The number of benzene rings is 1. The Hall–Kier alpha value is -1.96. The quantitative estimate of drug-likeness (QED) is 0.848. The summed E-state index contributed by atoms with van der Waals surface area (Å²) in [6, 6.07) is 7.68. The maximum Gasteiger partial charge on any atom is 0.322 e. The van der Waals surface area contributed by atoms with E-state index in [9.17, 15) is 4.79 Å². The molecule has 1 aromatic heterocycles. The van der Waals surface area contributed by atoms with Crippen LogP contribution in [0.25, 0.3) is 11.3 Å². The zero-order valence-electron chi connectivity index (χ0n) is 15.9.